The van der Waals surface area contributed by atoms with Gasteiger partial charge in [-0.25, -0.2) is 4.98 Å². The molecule has 0 saturated heterocycles. The van der Waals surface area contributed by atoms with Crippen LogP contribution >= 0.6 is 11.3 Å². The summed E-state index contributed by atoms with van der Waals surface area (Å²) in [5.41, 5.74) is 2.85. The van der Waals surface area contributed by atoms with Crippen LogP contribution in [0.15, 0.2) is 42.0 Å². The molecule has 102 valence electrons. The summed E-state index contributed by atoms with van der Waals surface area (Å²) in [5.74, 6) is -0.0361. The molecule has 0 aliphatic carbocycles. The first-order valence-corrected chi connectivity index (χ1v) is 7.36. The van der Waals surface area contributed by atoms with Crippen molar-refractivity contribution in [2.75, 3.05) is 6.54 Å². The molecular weight excluding hydrogens is 270 g/mol. The van der Waals surface area contributed by atoms with Gasteiger partial charge in [0.2, 0.25) is 0 Å². The second-order valence-electron chi connectivity index (χ2n) is 4.70. The van der Waals surface area contributed by atoms with Crippen molar-refractivity contribution in [2.24, 2.45) is 0 Å². The number of aromatic nitrogens is 2. The van der Waals surface area contributed by atoms with Crippen LogP contribution in [0.25, 0.3) is 4.96 Å². The molecule has 0 radical (unpaired) electrons. The average molecular weight is 285 g/mol. The number of thiazole rings is 1. The third kappa shape index (κ3) is 2.72. The van der Waals surface area contributed by atoms with Gasteiger partial charge in [0.05, 0.1) is 5.69 Å². The van der Waals surface area contributed by atoms with Crippen molar-refractivity contribution in [2.45, 2.75) is 13.3 Å². The number of benzene rings is 1. The SMILES string of the molecule is Cc1ccc(C(=O)NCCc2cn3ccsc3n2)cc1. The summed E-state index contributed by atoms with van der Waals surface area (Å²) in [6.07, 6.45) is 4.73. The number of carbonyl (C=O) groups is 1. The highest BCUT2D eigenvalue weighted by atomic mass is 32.1. The molecular formula is C15H15N3OS. The molecule has 20 heavy (non-hydrogen) atoms. The Balaban J connectivity index is 1.55. The van der Waals surface area contributed by atoms with Crippen molar-refractivity contribution < 1.29 is 4.79 Å². The van der Waals surface area contributed by atoms with Gasteiger partial charge >= 0.3 is 0 Å². The van der Waals surface area contributed by atoms with Crippen molar-refractivity contribution in [1.82, 2.24) is 14.7 Å². The van der Waals surface area contributed by atoms with Crippen LogP contribution in [0.2, 0.25) is 0 Å². The summed E-state index contributed by atoms with van der Waals surface area (Å²) in [6.45, 7) is 2.60. The number of carbonyl (C=O) groups excluding carboxylic acids is 1. The van der Waals surface area contributed by atoms with Crippen molar-refractivity contribution in [3.8, 4) is 0 Å². The summed E-state index contributed by atoms with van der Waals surface area (Å²) in [5, 5.41) is 4.92. The Hall–Kier alpha value is -2.14. The lowest BCUT2D eigenvalue weighted by atomic mass is 10.1. The lowest BCUT2D eigenvalue weighted by molar-refractivity contribution is 0.0954. The first-order chi connectivity index (χ1) is 9.72. The lowest BCUT2D eigenvalue weighted by Crippen LogP contribution is -2.25. The van der Waals surface area contributed by atoms with Crippen LogP contribution in [0.1, 0.15) is 21.6 Å². The number of nitrogens with one attached hydrogen (secondary N) is 1. The van der Waals surface area contributed by atoms with E-state index in [1.165, 1.54) is 0 Å². The van der Waals surface area contributed by atoms with E-state index in [0.717, 1.165) is 22.6 Å². The van der Waals surface area contributed by atoms with Crippen molar-refractivity contribution in [1.29, 1.82) is 0 Å². The summed E-state index contributed by atoms with van der Waals surface area (Å²) < 4.78 is 2.00. The zero-order valence-electron chi connectivity index (χ0n) is 11.2. The number of imidazole rings is 1. The summed E-state index contributed by atoms with van der Waals surface area (Å²) >= 11 is 1.61. The first-order valence-electron chi connectivity index (χ1n) is 6.48. The van der Waals surface area contributed by atoms with E-state index in [0.29, 0.717) is 12.1 Å². The molecule has 3 rings (SSSR count). The van der Waals surface area contributed by atoms with E-state index in [1.54, 1.807) is 11.3 Å². The highest BCUT2D eigenvalue weighted by Gasteiger charge is 2.06. The number of hydrogen-bond donors (Lipinski definition) is 1. The molecule has 0 spiro atoms. The third-order valence-electron chi connectivity index (χ3n) is 3.12. The molecule has 3 aromatic rings. The highest BCUT2D eigenvalue weighted by molar-refractivity contribution is 7.15. The molecule has 1 aromatic carbocycles. The number of aryl methyl sites for hydroxylation is 1. The van der Waals surface area contributed by atoms with Crippen molar-refractivity contribution in [3.05, 3.63) is 58.9 Å². The lowest BCUT2D eigenvalue weighted by Gasteiger charge is -2.04. The maximum absolute atomic E-state index is 11.9. The average Bonchev–Trinajstić information content (AvgIpc) is 3.00. The van der Waals surface area contributed by atoms with Gasteiger partial charge in [0.1, 0.15) is 0 Å². The van der Waals surface area contributed by atoms with Crippen LogP contribution in [0.4, 0.5) is 0 Å². The van der Waals surface area contributed by atoms with Gasteiger partial charge in [-0.15, -0.1) is 11.3 Å². The molecule has 0 aliphatic rings. The molecule has 1 N–H and O–H groups in total. The number of rotatable bonds is 4. The van der Waals surface area contributed by atoms with Gasteiger partial charge in [-0.1, -0.05) is 17.7 Å². The van der Waals surface area contributed by atoms with Gasteiger partial charge in [0.25, 0.3) is 5.91 Å². The summed E-state index contributed by atoms with van der Waals surface area (Å²) in [6, 6.07) is 7.57. The van der Waals surface area contributed by atoms with Crippen molar-refractivity contribution in [3.63, 3.8) is 0 Å². The van der Waals surface area contributed by atoms with Crippen LogP contribution in [0, 0.1) is 6.92 Å². The van der Waals surface area contributed by atoms with E-state index in [-0.39, 0.29) is 5.91 Å². The molecule has 0 saturated carbocycles. The van der Waals surface area contributed by atoms with Crippen LogP contribution in [-0.2, 0) is 6.42 Å². The number of nitrogens with zero attached hydrogens (tertiary/aromatic N) is 2. The maximum atomic E-state index is 11.9. The smallest absolute Gasteiger partial charge is 0.251 e. The zero-order chi connectivity index (χ0) is 13.9. The Morgan fingerprint density at radius 1 is 1.35 bits per heavy atom. The molecule has 4 nitrogen and oxygen atoms in total. The monoisotopic (exact) mass is 285 g/mol. The van der Waals surface area contributed by atoms with Crippen LogP contribution in [0.5, 0.6) is 0 Å². The molecule has 0 aliphatic heterocycles. The van der Waals surface area contributed by atoms with E-state index < -0.39 is 0 Å². The third-order valence-corrected chi connectivity index (χ3v) is 3.89. The standard InChI is InChI=1S/C15H15N3OS/c1-11-2-4-12(5-3-11)14(19)16-7-6-13-10-18-8-9-20-15(18)17-13/h2-5,8-10H,6-7H2,1H3,(H,16,19). The van der Waals surface area contributed by atoms with Gasteiger partial charge in [0.15, 0.2) is 4.96 Å². The van der Waals surface area contributed by atoms with Crippen molar-refractivity contribution >= 4 is 22.2 Å². The van der Waals surface area contributed by atoms with Crippen LogP contribution < -0.4 is 5.32 Å². The van der Waals surface area contributed by atoms with Gasteiger partial charge in [-0.2, -0.15) is 0 Å². The highest BCUT2D eigenvalue weighted by Crippen LogP contribution is 2.11. The largest absolute Gasteiger partial charge is 0.352 e. The Kier molecular flexibility index (Phi) is 3.52. The van der Waals surface area contributed by atoms with Gasteiger partial charge in [0, 0.05) is 36.3 Å². The predicted octanol–water partition coefficient (Wildman–Crippen LogP) is 2.68. The molecule has 0 atom stereocenters. The second kappa shape index (κ2) is 5.46. The van der Waals surface area contributed by atoms with E-state index in [1.807, 2.05) is 53.4 Å². The fourth-order valence-electron chi connectivity index (χ4n) is 2.01. The van der Waals surface area contributed by atoms with Gasteiger partial charge < -0.3 is 5.32 Å². The molecule has 2 aromatic heterocycles. The van der Waals surface area contributed by atoms with E-state index in [2.05, 4.69) is 10.3 Å². The fourth-order valence-corrected chi connectivity index (χ4v) is 2.73. The molecule has 0 bridgehead atoms. The van der Waals surface area contributed by atoms with Gasteiger partial charge in [-0.05, 0) is 19.1 Å². The zero-order valence-corrected chi connectivity index (χ0v) is 12.0. The topological polar surface area (TPSA) is 46.4 Å². The normalized spacial score (nSPS) is 10.8. The fraction of sp³-hybridized carbons (Fsp3) is 0.200. The Labute approximate surface area is 121 Å². The maximum Gasteiger partial charge on any atom is 0.251 e. The van der Waals surface area contributed by atoms with Crippen LogP contribution in [-0.4, -0.2) is 21.8 Å². The number of hydrogen-bond acceptors (Lipinski definition) is 3. The molecule has 5 heteroatoms. The van der Waals surface area contributed by atoms with Crippen LogP contribution in [0.3, 0.4) is 0 Å². The molecule has 0 fully saturated rings. The molecule has 1 amide bonds. The summed E-state index contributed by atoms with van der Waals surface area (Å²) in [7, 11) is 0. The quantitative estimate of drug-likeness (QED) is 0.801. The summed E-state index contributed by atoms with van der Waals surface area (Å²) in [4.78, 5) is 17.4. The number of amides is 1. The minimum absolute atomic E-state index is 0.0361. The number of fused-ring (bicyclic) bond motifs is 1. The second-order valence-corrected chi connectivity index (χ2v) is 5.57. The predicted molar refractivity (Wildman–Crippen MR) is 80.3 cm³/mol. The Morgan fingerprint density at radius 2 is 2.15 bits per heavy atom. The first kappa shape index (κ1) is 12.9. The van der Waals surface area contributed by atoms with E-state index in [9.17, 15) is 4.79 Å². The Bertz CT molecular complexity index is 699. The van der Waals surface area contributed by atoms with E-state index in [4.69, 9.17) is 0 Å². The Morgan fingerprint density at radius 3 is 2.90 bits per heavy atom. The van der Waals surface area contributed by atoms with Gasteiger partial charge in [-0.3, -0.25) is 9.20 Å². The minimum Gasteiger partial charge on any atom is -0.352 e. The van der Waals surface area contributed by atoms with E-state index >= 15 is 0 Å². The molecule has 0 unspecified atom stereocenters. The molecule has 2 heterocycles. The minimum atomic E-state index is -0.0361.